The van der Waals surface area contributed by atoms with Gasteiger partial charge in [0.1, 0.15) is 97.7 Å². The van der Waals surface area contributed by atoms with Crippen molar-refractivity contribution in [2.24, 2.45) is 17.8 Å². The molecule has 8 amide bonds. The molecule has 14 rings (SSSR count). The molecule has 0 radical (unpaired) electrons. The summed E-state index contributed by atoms with van der Waals surface area (Å²) in [4.78, 5) is 147. The van der Waals surface area contributed by atoms with Crippen molar-refractivity contribution in [3.63, 3.8) is 0 Å². The normalized spacial score (nSPS) is 20.7. The summed E-state index contributed by atoms with van der Waals surface area (Å²) in [6.45, 7) is 12.5. The smallest absolute Gasteiger partial charge is 0.326 e. The number of aliphatic carboxylic acids is 2. The van der Waals surface area contributed by atoms with Gasteiger partial charge in [-0.15, -0.1) is 5.10 Å². The van der Waals surface area contributed by atoms with Gasteiger partial charge >= 0.3 is 11.9 Å². The zero-order valence-electron chi connectivity index (χ0n) is 66.1. The highest BCUT2D eigenvalue weighted by Gasteiger charge is 2.47. The molecule has 6 aromatic carbocycles. The van der Waals surface area contributed by atoms with Crippen LogP contribution in [0.4, 0.5) is 0 Å². The molecule has 9 N–H and O–H groups in total. The molecule has 0 saturated carbocycles. The Hall–Kier alpha value is -12.5. The lowest BCUT2D eigenvalue weighted by atomic mass is 10.00. The molecule has 8 aromatic rings. The number of rotatable bonds is 22. The van der Waals surface area contributed by atoms with Crippen LogP contribution in [0.25, 0.3) is 0 Å². The fourth-order valence-electron chi connectivity index (χ4n) is 13.9. The lowest BCUT2D eigenvalue weighted by molar-refractivity contribution is -0.144. The molecule has 116 heavy (non-hydrogen) atoms. The number of hydrogen-bond acceptors (Lipinski definition) is 19. The molecule has 0 aliphatic carbocycles. The van der Waals surface area contributed by atoms with E-state index in [1.165, 1.54) is 25.4 Å². The first-order chi connectivity index (χ1) is 55.8. The average molecular weight is 1590 g/mol. The van der Waals surface area contributed by atoms with Crippen molar-refractivity contribution in [1.29, 1.82) is 0 Å². The Kier molecular flexibility index (Phi) is 28.7. The second kappa shape index (κ2) is 39.5. The van der Waals surface area contributed by atoms with E-state index >= 15 is 19.2 Å². The van der Waals surface area contributed by atoms with Crippen LogP contribution >= 0.6 is 0 Å². The fraction of sp³-hybridized carbons (Fsp3) is 0.412. The zero-order chi connectivity index (χ0) is 82.7. The van der Waals surface area contributed by atoms with Crippen molar-refractivity contribution in [2.75, 3.05) is 20.1 Å². The van der Waals surface area contributed by atoms with Crippen molar-refractivity contribution in [3.8, 4) is 23.1 Å². The van der Waals surface area contributed by atoms with Crippen molar-refractivity contribution in [3.05, 3.63) is 215 Å². The van der Waals surface area contributed by atoms with Gasteiger partial charge in [0.05, 0.1) is 30.5 Å². The van der Waals surface area contributed by atoms with Crippen LogP contribution in [-0.2, 0) is 100 Å². The van der Waals surface area contributed by atoms with Crippen LogP contribution in [0.3, 0.4) is 0 Å². The number of hydrogen-bond donors (Lipinski definition) is 9. The predicted molar refractivity (Wildman–Crippen MR) is 424 cm³/mol. The third-order valence-corrected chi connectivity index (χ3v) is 21.2. The number of carboxylic acid groups (broad SMARTS) is 2. The lowest BCUT2D eigenvalue weighted by Gasteiger charge is -2.32. The SMILES string of the molecule is CC[C@@H](C)C(=O)N[C@H](C(=O)N1C[C@@H]2C[C@H]1C(=O)N[C@@H](Cc1ccc(OCc3ccccc3)cc1)C(=O)N[C@H](C(=O)O)Cc1ccc(cc1)OCc1cn(nn1)[C@H]1C[C@@H](C(=O)N[C@@H](Cc3ccc(OCc4ccccc4)cc3)C(=O)N[C@H](C(=O)O)Cc3ccc(cc3)COc3cn2nn3)N(C(=O)[C@@H](NC(=O)[C@H](C)NC)C(C)C)C1)C(C)C. The first kappa shape index (κ1) is 84.4. The number of aromatic nitrogens is 6. The molecule has 12 atom stereocenters. The van der Waals surface area contributed by atoms with E-state index in [0.717, 1.165) is 11.1 Å². The molecule has 612 valence electrons. The molecular formula is C85H101N15O16. The van der Waals surface area contributed by atoms with Gasteiger partial charge in [0.25, 0.3) is 5.88 Å². The molecule has 6 aliphatic heterocycles. The van der Waals surface area contributed by atoms with E-state index in [4.69, 9.17) is 18.9 Å². The van der Waals surface area contributed by atoms with E-state index in [-0.39, 0.29) is 89.8 Å². The fourth-order valence-corrected chi connectivity index (χ4v) is 13.9. The lowest BCUT2D eigenvalue weighted by Crippen LogP contribution is -2.59. The number of likely N-dealkylation sites (N-methyl/N-ethyl adjacent to an activating group) is 1. The quantitative estimate of drug-likeness (QED) is 0.0387. The van der Waals surface area contributed by atoms with Crippen LogP contribution < -0.4 is 56.2 Å². The van der Waals surface area contributed by atoms with Crippen LogP contribution in [0.5, 0.6) is 23.1 Å². The number of carboxylic acids is 2. The molecule has 2 fully saturated rings. The van der Waals surface area contributed by atoms with Crippen molar-refractivity contribution < 1.29 is 77.1 Å². The number of nitrogens with one attached hydrogen (secondary N) is 7. The molecule has 12 bridgehead atoms. The Balaban J connectivity index is 0.902. The third kappa shape index (κ3) is 22.5. The molecule has 31 nitrogen and oxygen atoms in total. The molecular weight excluding hydrogens is 1490 g/mol. The van der Waals surface area contributed by atoms with Crippen LogP contribution in [-0.4, -0.2) is 184 Å². The number of likely N-dealkylation sites (tertiary alicyclic amines) is 2. The molecule has 31 heteroatoms. The van der Waals surface area contributed by atoms with E-state index in [9.17, 15) is 39.0 Å². The Bertz CT molecular complexity index is 4410. The van der Waals surface area contributed by atoms with Gasteiger partial charge in [-0.25, -0.2) is 19.0 Å². The number of ether oxygens (including phenoxy) is 4. The maximum absolute atomic E-state index is 15.3. The summed E-state index contributed by atoms with van der Waals surface area (Å²) in [5.41, 5.74) is 4.95. The minimum atomic E-state index is -1.53. The van der Waals surface area contributed by atoms with Gasteiger partial charge in [-0.2, -0.15) is 0 Å². The maximum Gasteiger partial charge on any atom is 0.326 e. The highest BCUT2D eigenvalue weighted by Crippen LogP contribution is 2.33. The minimum absolute atomic E-state index is 0.0514. The van der Waals surface area contributed by atoms with Gasteiger partial charge in [-0.3, -0.25) is 38.4 Å². The first-order valence-corrected chi connectivity index (χ1v) is 39.1. The van der Waals surface area contributed by atoms with E-state index in [1.54, 1.807) is 152 Å². The Morgan fingerprint density at radius 1 is 0.509 bits per heavy atom. The number of nitrogens with zero attached hydrogens (tertiary/aromatic N) is 8. The maximum atomic E-state index is 15.3. The standard InChI is InChI=1S/C85H101N15O16/c1-9-52(6)76(101)91-74(50(2)3)82(107)98-44-63-41-72(98)81(106)88-68(37-56-26-32-65(33-27-56)114-47-59-18-14-11-15-19-59)79(104)90-70(85(111)112)39-57-28-34-66(35-29-57)115-49-61-42-99(95-93-61)62-40-71(97(43-62)83(108)75(51(4)5)92-77(102)53(7)86-8)80(105)87-67(36-55-24-30-64(31-25-55)113-46-58-16-12-10-13-17-58)78(103)89-69(84(109)110)38-54-20-22-60(23-21-54)48-116-73-45-100(63)96-94-73/h10-35,42,45,50-53,62-63,67-72,74-75,86H,9,36-41,43-44,46-49H2,1-8H3,(H,87,105)(H,88,106)(H,89,103)(H,90,104)(H,91,101)(H,92,102)(H,109,110)(H,111,112)/t52-,53+,62+,63+,67+,68+,69+,70+,71+,72+,74+,75+/m1/s1. The topological polar surface area (TPSA) is 400 Å². The molecule has 0 unspecified atom stereocenters. The van der Waals surface area contributed by atoms with E-state index in [1.807, 2.05) is 67.6 Å². The van der Waals surface area contributed by atoms with Crippen molar-refractivity contribution in [2.45, 2.75) is 186 Å². The van der Waals surface area contributed by atoms with Crippen LogP contribution in [0.2, 0.25) is 0 Å². The van der Waals surface area contributed by atoms with Crippen molar-refractivity contribution >= 4 is 59.2 Å². The van der Waals surface area contributed by atoms with Gasteiger partial charge in [-0.05, 0) is 108 Å². The summed E-state index contributed by atoms with van der Waals surface area (Å²) in [7, 11) is 1.60. The third-order valence-electron chi connectivity index (χ3n) is 21.2. The molecule has 0 spiro atoms. The summed E-state index contributed by atoms with van der Waals surface area (Å²) in [5.74, 6) is -7.81. The predicted octanol–water partition coefficient (Wildman–Crippen LogP) is 5.80. The summed E-state index contributed by atoms with van der Waals surface area (Å²) in [6.07, 6.45) is 2.79. The second-order valence-corrected chi connectivity index (χ2v) is 30.4. The highest BCUT2D eigenvalue weighted by molar-refractivity contribution is 5.98. The van der Waals surface area contributed by atoms with Crippen molar-refractivity contribution in [1.82, 2.24) is 77.0 Å². The summed E-state index contributed by atoms with van der Waals surface area (Å²) < 4.78 is 27.4. The molecule has 8 heterocycles. The van der Waals surface area contributed by atoms with Crippen LogP contribution in [0.1, 0.15) is 124 Å². The van der Waals surface area contributed by atoms with Gasteiger partial charge in [0.15, 0.2) is 0 Å². The van der Waals surface area contributed by atoms with E-state index in [2.05, 4.69) is 57.8 Å². The minimum Gasteiger partial charge on any atom is -0.489 e. The Morgan fingerprint density at radius 2 is 0.948 bits per heavy atom. The Labute approximate surface area is 672 Å². The highest BCUT2D eigenvalue weighted by atomic mass is 16.5. The van der Waals surface area contributed by atoms with E-state index < -0.39 is 138 Å². The van der Waals surface area contributed by atoms with Crippen LogP contribution in [0.15, 0.2) is 170 Å². The average Bonchev–Trinajstić information content (AvgIpc) is 1.60. The largest absolute Gasteiger partial charge is 0.489 e. The number of amides is 8. The summed E-state index contributed by atoms with van der Waals surface area (Å²) >= 11 is 0. The number of benzene rings is 6. The van der Waals surface area contributed by atoms with Gasteiger partial charge in [0.2, 0.25) is 47.3 Å². The Morgan fingerprint density at radius 3 is 1.40 bits per heavy atom. The molecule has 6 aliphatic rings. The monoisotopic (exact) mass is 1590 g/mol. The molecule has 2 aromatic heterocycles. The van der Waals surface area contributed by atoms with Crippen LogP contribution in [0, 0.1) is 17.8 Å². The number of carbonyl (C=O) groups excluding carboxylic acids is 8. The molecule has 2 saturated heterocycles. The number of carbonyl (C=O) groups is 10. The van der Waals surface area contributed by atoms with Gasteiger partial charge in [0, 0.05) is 57.5 Å². The zero-order valence-corrected chi connectivity index (χ0v) is 66.1. The van der Waals surface area contributed by atoms with E-state index in [0.29, 0.717) is 57.2 Å². The van der Waals surface area contributed by atoms with Gasteiger partial charge in [-0.1, -0.05) is 178 Å². The summed E-state index contributed by atoms with van der Waals surface area (Å²) in [6, 6.07) is 33.4. The summed E-state index contributed by atoms with van der Waals surface area (Å²) in [5, 5.41) is 58.8. The van der Waals surface area contributed by atoms with Gasteiger partial charge < -0.3 is 76.2 Å². The first-order valence-electron chi connectivity index (χ1n) is 39.1. The second-order valence-electron chi connectivity index (χ2n) is 30.4.